The van der Waals surface area contributed by atoms with Crippen LogP contribution in [0.4, 0.5) is 31.7 Å². The Kier molecular flexibility index (Phi) is 15.3. The van der Waals surface area contributed by atoms with Crippen molar-refractivity contribution in [1.29, 1.82) is 0 Å². The molecule has 4 heterocycles. The minimum atomic E-state index is -0.571. The van der Waals surface area contributed by atoms with Gasteiger partial charge in [0.1, 0.15) is 28.9 Å². The van der Waals surface area contributed by atoms with Crippen molar-refractivity contribution in [2.75, 3.05) is 30.6 Å². The summed E-state index contributed by atoms with van der Waals surface area (Å²) in [5, 5.41) is 6.82. The number of aromatic nitrogens is 4. The van der Waals surface area contributed by atoms with E-state index in [2.05, 4.69) is 30.6 Å². The normalized spacial score (nSPS) is 10.3. The molecule has 6 N–H and O–H groups in total. The standard InChI is InChI=1S/C20H17ClFN3O3.C12H10ClFN2O2.C7H7ClN2O/c1-11(26)7-14-9-13(5-6-23-14)24-18-10-16(19(27)25-20(18)28-2)15-8-12(21)3-4-17(15)22;1-18-12-10(15)5-8(11(17)16-12)7-4-6(13)2-3-9(7)14;1-5(11)10-7-4-6(8)2-3-9-7/h3-6,8-10H,7H2,1-2H3,(H,23,24)(H,25,27);2-5H,15H2,1H3,(H,16,17);2-4H,1H3,(H,9,10,11). The van der Waals surface area contributed by atoms with Crippen LogP contribution in [0.1, 0.15) is 19.5 Å². The number of ketones is 1. The number of benzene rings is 2. The Morgan fingerprint density at radius 2 is 1.26 bits per heavy atom. The van der Waals surface area contributed by atoms with Crippen molar-refractivity contribution < 1.29 is 27.8 Å². The van der Waals surface area contributed by atoms with Gasteiger partial charge in [-0.2, -0.15) is 0 Å². The summed E-state index contributed by atoms with van der Waals surface area (Å²) in [6.07, 6.45) is 3.31. The molecular formula is C39H34Cl3F2N7O6. The number of ether oxygens (including phenoxy) is 2. The number of nitrogens with two attached hydrogens (primary N) is 1. The van der Waals surface area contributed by atoms with Crippen LogP contribution in [0, 0.1) is 11.6 Å². The summed E-state index contributed by atoms with van der Waals surface area (Å²) in [6.45, 7) is 2.90. The number of Topliss-reactive ketones (excluding diaryl/α,β-unsaturated/α-hetero) is 1. The lowest BCUT2D eigenvalue weighted by molar-refractivity contribution is -0.116. The highest BCUT2D eigenvalue weighted by Crippen LogP contribution is 2.31. The van der Waals surface area contributed by atoms with Crippen LogP contribution in [0.25, 0.3) is 22.3 Å². The number of aromatic amines is 2. The van der Waals surface area contributed by atoms with Crippen molar-refractivity contribution >= 4 is 69.4 Å². The minimum Gasteiger partial charge on any atom is -0.481 e. The number of methoxy groups -OCH3 is 2. The number of rotatable bonds is 9. The average Bonchev–Trinajstić information content (AvgIpc) is 3.15. The van der Waals surface area contributed by atoms with Gasteiger partial charge in [-0.05, 0) is 79.7 Å². The fraction of sp³-hybridized carbons (Fsp3) is 0.128. The molecule has 0 radical (unpaired) electrons. The first kappa shape index (κ1) is 43.4. The monoisotopic (exact) mass is 839 g/mol. The Hall–Kier alpha value is -6.29. The topological polar surface area (TPSA) is 194 Å². The number of nitrogens with zero attached hydrogens (tertiary/aromatic N) is 2. The van der Waals surface area contributed by atoms with Gasteiger partial charge in [-0.15, -0.1) is 0 Å². The Bertz CT molecular complexity index is 2530. The molecule has 0 aliphatic heterocycles. The summed E-state index contributed by atoms with van der Waals surface area (Å²) in [5.41, 5.74) is 6.89. The molecule has 2 aromatic carbocycles. The first-order valence-corrected chi connectivity index (χ1v) is 17.6. The van der Waals surface area contributed by atoms with Crippen molar-refractivity contribution in [2.45, 2.75) is 20.3 Å². The van der Waals surface area contributed by atoms with Crippen LogP contribution in [0.5, 0.6) is 11.8 Å². The third kappa shape index (κ3) is 12.4. The van der Waals surface area contributed by atoms with Gasteiger partial charge in [-0.25, -0.2) is 13.8 Å². The van der Waals surface area contributed by atoms with Crippen molar-refractivity contribution in [2.24, 2.45) is 0 Å². The van der Waals surface area contributed by atoms with Crippen LogP contribution in [-0.2, 0) is 16.0 Å². The molecule has 0 spiro atoms. The van der Waals surface area contributed by atoms with Crippen LogP contribution < -0.4 is 37.0 Å². The van der Waals surface area contributed by atoms with E-state index in [-0.39, 0.29) is 57.8 Å². The van der Waals surface area contributed by atoms with Gasteiger partial charge in [0, 0.05) is 63.3 Å². The first-order valence-electron chi connectivity index (χ1n) is 16.5. The maximum Gasteiger partial charge on any atom is 0.258 e. The molecule has 0 aliphatic rings. The minimum absolute atomic E-state index is 0.00927. The molecule has 13 nitrogen and oxygen atoms in total. The van der Waals surface area contributed by atoms with E-state index < -0.39 is 22.8 Å². The molecule has 0 saturated carbocycles. The summed E-state index contributed by atoms with van der Waals surface area (Å²) in [4.78, 5) is 59.1. The predicted molar refractivity (Wildman–Crippen MR) is 218 cm³/mol. The van der Waals surface area contributed by atoms with Crippen LogP contribution in [0.2, 0.25) is 15.1 Å². The summed E-state index contributed by atoms with van der Waals surface area (Å²) >= 11 is 17.4. The first-order chi connectivity index (χ1) is 27.1. The largest absolute Gasteiger partial charge is 0.481 e. The second-order valence-corrected chi connectivity index (χ2v) is 13.1. The maximum atomic E-state index is 14.2. The zero-order valence-corrected chi connectivity index (χ0v) is 32.9. The molecule has 18 heteroatoms. The molecule has 0 fully saturated rings. The Balaban J connectivity index is 0.000000211. The van der Waals surface area contributed by atoms with Crippen molar-refractivity contribution in [3.63, 3.8) is 0 Å². The fourth-order valence-corrected chi connectivity index (χ4v) is 5.49. The second kappa shape index (κ2) is 20.0. The number of H-pyrrole nitrogens is 2. The third-order valence-electron chi connectivity index (χ3n) is 7.44. The predicted octanol–water partition coefficient (Wildman–Crippen LogP) is 8.23. The van der Waals surface area contributed by atoms with Gasteiger partial charge < -0.3 is 25.8 Å². The molecule has 0 aliphatic carbocycles. The lowest BCUT2D eigenvalue weighted by Gasteiger charge is -2.13. The summed E-state index contributed by atoms with van der Waals surface area (Å²) < 4.78 is 38.0. The molecule has 6 aromatic rings. The van der Waals surface area contributed by atoms with Crippen LogP contribution in [0.15, 0.2) is 94.8 Å². The molecule has 6 rings (SSSR count). The highest BCUT2D eigenvalue weighted by atomic mass is 35.5. The Morgan fingerprint density at radius 1 is 0.719 bits per heavy atom. The Labute approximate surface area is 339 Å². The number of hydrogen-bond donors (Lipinski definition) is 5. The highest BCUT2D eigenvalue weighted by Gasteiger charge is 2.16. The summed E-state index contributed by atoms with van der Waals surface area (Å²) in [7, 11) is 2.78. The second-order valence-electron chi connectivity index (χ2n) is 11.8. The smallest absolute Gasteiger partial charge is 0.258 e. The van der Waals surface area contributed by atoms with E-state index in [1.165, 1.54) is 82.8 Å². The number of nitrogens with one attached hydrogen (secondary N) is 4. The van der Waals surface area contributed by atoms with Crippen LogP contribution >= 0.6 is 34.8 Å². The zero-order chi connectivity index (χ0) is 41.8. The average molecular weight is 841 g/mol. The number of carbonyl (C=O) groups excluding carboxylic acids is 2. The van der Waals surface area contributed by atoms with Gasteiger partial charge in [0.05, 0.1) is 31.0 Å². The fourth-order valence-electron chi connectivity index (χ4n) is 4.99. The Morgan fingerprint density at radius 3 is 1.81 bits per heavy atom. The van der Waals surface area contributed by atoms with E-state index in [9.17, 15) is 28.0 Å². The molecular weight excluding hydrogens is 807 g/mol. The van der Waals surface area contributed by atoms with E-state index in [0.29, 0.717) is 38.0 Å². The summed E-state index contributed by atoms with van der Waals surface area (Å²) in [5.74, 6) is -0.477. The molecule has 0 saturated heterocycles. The van der Waals surface area contributed by atoms with E-state index in [0.717, 1.165) is 0 Å². The zero-order valence-electron chi connectivity index (χ0n) is 30.6. The molecule has 1 amide bonds. The van der Waals surface area contributed by atoms with Crippen molar-refractivity contribution in [3.8, 4) is 34.0 Å². The number of amides is 1. The number of anilines is 4. The summed E-state index contributed by atoms with van der Waals surface area (Å²) in [6, 6.07) is 17.4. The molecule has 0 unspecified atom stereocenters. The molecule has 296 valence electrons. The van der Waals surface area contributed by atoms with Gasteiger partial charge >= 0.3 is 0 Å². The van der Waals surface area contributed by atoms with Crippen molar-refractivity contribution in [1.82, 2.24) is 19.9 Å². The molecule has 4 aromatic heterocycles. The third-order valence-corrected chi connectivity index (χ3v) is 8.14. The number of carbonyl (C=O) groups is 2. The number of hydrogen-bond acceptors (Lipinski definition) is 10. The highest BCUT2D eigenvalue weighted by molar-refractivity contribution is 6.31. The molecule has 0 bridgehead atoms. The van der Waals surface area contributed by atoms with E-state index in [1.807, 2.05) is 0 Å². The van der Waals surface area contributed by atoms with Gasteiger partial charge in [-0.1, -0.05) is 34.8 Å². The van der Waals surface area contributed by atoms with Gasteiger partial charge in [0.2, 0.25) is 17.7 Å². The molecule has 57 heavy (non-hydrogen) atoms. The lowest BCUT2D eigenvalue weighted by Crippen LogP contribution is -2.12. The molecule has 0 atom stereocenters. The van der Waals surface area contributed by atoms with Crippen LogP contribution in [-0.4, -0.2) is 45.8 Å². The number of nitrogen functional groups attached to an aromatic ring is 1. The van der Waals surface area contributed by atoms with E-state index in [4.69, 9.17) is 50.0 Å². The maximum absolute atomic E-state index is 14.2. The van der Waals surface area contributed by atoms with E-state index in [1.54, 1.807) is 30.5 Å². The van der Waals surface area contributed by atoms with Gasteiger partial charge in [0.25, 0.3) is 11.1 Å². The number of halogens is 5. The van der Waals surface area contributed by atoms with E-state index >= 15 is 0 Å². The van der Waals surface area contributed by atoms with Crippen molar-refractivity contribution in [3.05, 3.63) is 138 Å². The van der Waals surface area contributed by atoms with Gasteiger partial charge in [-0.3, -0.25) is 34.1 Å². The lowest BCUT2D eigenvalue weighted by atomic mass is 10.1. The SMILES string of the molecule is CC(=O)Nc1cc(Cl)ccn1.COc1[nH]c(=O)c(-c2cc(Cl)ccc2F)cc1N.COc1[nH]c(=O)c(-c2cc(Cl)ccc2F)cc1Nc1ccnc(CC(C)=O)c1. The quantitative estimate of drug-likeness (QED) is 0.0947. The van der Waals surface area contributed by atoms with Gasteiger partial charge in [0.15, 0.2) is 0 Å². The number of pyridine rings is 4. The van der Waals surface area contributed by atoms with Crippen LogP contribution in [0.3, 0.4) is 0 Å².